The third kappa shape index (κ3) is 4.46. The van der Waals surface area contributed by atoms with Gasteiger partial charge in [0.25, 0.3) is 0 Å². The highest BCUT2D eigenvalue weighted by atomic mass is 35.5. The molecule has 1 unspecified atom stereocenters. The number of hydrogen-bond donors (Lipinski definition) is 2. The molecule has 0 spiro atoms. The van der Waals surface area contributed by atoms with Crippen molar-refractivity contribution >= 4 is 34.6 Å². The Bertz CT molecular complexity index is 438. The van der Waals surface area contributed by atoms with Gasteiger partial charge >= 0.3 is 0 Å². The first-order chi connectivity index (χ1) is 8.20. The van der Waals surface area contributed by atoms with Crippen LogP contribution in [0.2, 0.25) is 5.02 Å². The van der Waals surface area contributed by atoms with Gasteiger partial charge in [0.1, 0.15) is 0 Å². The summed E-state index contributed by atoms with van der Waals surface area (Å²) >= 11 is 11.4. The Balaban J connectivity index is 2.65. The topological polar surface area (TPSA) is 24.1 Å². The van der Waals surface area contributed by atoms with Crippen molar-refractivity contribution in [2.75, 3.05) is 5.32 Å². The van der Waals surface area contributed by atoms with E-state index in [2.05, 4.69) is 38.3 Å². The number of hydrogen-bond acceptors (Lipinski definition) is 1. The monoisotopic (exact) mass is 284 g/mol. The molecule has 0 saturated heterocycles. The summed E-state index contributed by atoms with van der Waals surface area (Å²) in [6.45, 7) is 10.6. The van der Waals surface area contributed by atoms with Crippen LogP contribution in [0.1, 0.15) is 33.3 Å². The minimum Gasteiger partial charge on any atom is -0.359 e. The SMILES string of the molecule is Cc1ccc(NC(=S)NC(C)C(C)(C)C)c(Cl)c1. The molecule has 0 amide bonds. The second kappa shape index (κ2) is 5.89. The molecule has 0 fully saturated rings. The van der Waals surface area contributed by atoms with Crippen molar-refractivity contribution in [1.29, 1.82) is 0 Å². The number of nitrogens with one attached hydrogen (secondary N) is 2. The highest BCUT2D eigenvalue weighted by Crippen LogP contribution is 2.23. The van der Waals surface area contributed by atoms with Crippen LogP contribution in [0.4, 0.5) is 5.69 Å². The Morgan fingerprint density at radius 1 is 1.33 bits per heavy atom. The molecule has 0 bridgehead atoms. The summed E-state index contributed by atoms with van der Waals surface area (Å²) in [6.07, 6.45) is 0. The summed E-state index contributed by atoms with van der Waals surface area (Å²) in [4.78, 5) is 0. The Morgan fingerprint density at radius 2 is 1.94 bits per heavy atom. The van der Waals surface area contributed by atoms with E-state index in [9.17, 15) is 0 Å². The van der Waals surface area contributed by atoms with E-state index in [4.69, 9.17) is 23.8 Å². The summed E-state index contributed by atoms with van der Waals surface area (Å²) in [5.74, 6) is 0. The van der Waals surface area contributed by atoms with E-state index in [1.807, 2.05) is 25.1 Å². The Morgan fingerprint density at radius 3 is 2.44 bits per heavy atom. The van der Waals surface area contributed by atoms with E-state index in [0.29, 0.717) is 10.1 Å². The average molecular weight is 285 g/mol. The van der Waals surface area contributed by atoms with Crippen molar-refractivity contribution in [3.05, 3.63) is 28.8 Å². The maximum Gasteiger partial charge on any atom is 0.171 e. The van der Waals surface area contributed by atoms with Gasteiger partial charge in [0.05, 0.1) is 10.7 Å². The second-order valence-corrected chi connectivity index (χ2v) is 6.48. The molecule has 0 aliphatic rings. The van der Waals surface area contributed by atoms with E-state index >= 15 is 0 Å². The summed E-state index contributed by atoms with van der Waals surface area (Å²) in [6, 6.07) is 6.14. The highest BCUT2D eigenvalue weighted by Gasteiger charge is 2.20. The van der Waals surface area contributed by atoms with E-state index < -0.39 is 0 Å². The molecule has 4 heteroatoms. The van der Waals surface area contributed by atoms with E-state index in [-0.39, 0.29) is 11.5 Å². The van der Waals surface area contributed by atoms with Gasteiger partial charge < -0.3 is 10.6 Å². The molecule has 0 saturated carbocycles. The average Bonchev–Trinajstić information content (AvgIpc) is 2.20. The summed E-state index contributed by atoms with van der Waals surface area (Å²) in [5, 5.41) is 7.68. The number of benzene rings is 1. The van der Waals surface area contributed by atoms with Crippen LogP contribution in [0, 0.1) is 12.3 Å². The molecule has 1 atom stereocenters. The number of halogens is 1. The lowest BCUT2D eigenvalue weighted by Crippen LogP contribution is -2.43. The van der Waals surface area contributed by atoms with Crippen LogP contribution in [0.5, 0.6) is 0 Å². The molecule has 2 nitrogen and oxygen atoms in total. The van der Waals surface area contributed by atoms with Crippen molar-refractivity contribution in [3.63, 3.8) is 0 Å². The van der Waals surface area contributed by atoms with Crippen LogP contribution in [0.3, 0.4) is 0 Å². The van der Waals surface area contributed by atoms with E-state index in [1.54, 1.807) is 0 Å². The summed E-state index contributed by atoms with van der Waals surface area (Å²) in [5.41, 5.74) is 2.12. The molecule has 0 aliphatic heterocycles. The number of thiocarbonyl (C=S) groups is 1. The van der Waals surface area contributed by atoms with Gasteiger partial charge in [-0.1, -0.05) is 38.4 Å². The van der Waals surface area contributed by atoms with Crippen molar-refractivity contribution in [2.45, 2.75) is 40.7 Å². The van der Waals surface area contributed by atoms with Crippen LogP contribution in [-0.4, -0.2) is 11.2 Å². The fourth-order valence-electron chi connectivity index (χ4n) is 1.29. The summed E-state index contributed by atoms with van der Waals surface area (Å²) in [7, 11) is 0. The first-order valence-corrected chi connectivity index (χ1v) is 6.82. The molecule has 0 heterocycles. The number of aryl methyl sites for hydroxylation is 1. The molecule has 18 heavy (non-hydrogen) atoms. The zero-order valence-electron chi connectivity index (χ0n) is 11.6. The number of rotatable bonds is 2. The fourth-order valence-corrected chi connectivity index (χ4v) is 1.86. The van der Waals surface area contributed by atoms with Crippen LogP contribution < -0.4 is 10.6 Å². The van der Waals surface area contributed by atoms with Crippen molar-refractivity contribution in [1.82, 2.24) is 5.32 Å². The minimum absolute atomic E-state index is 0.156. The first kappa shape index (κ1) is 15.3. The zero-order chi connectivity index (χ0) is 13.9. The molecule has 1 aromatic rings. The maximum atomic E-state index is 6.15. The lowest BCUT2D eigenvalue weighted by molar-refractivity contribution is 0.317. The van der Waals surface area contributed by atoms with Crippen molar-refractivity contribution in [2.24, 2.45) is 5.41 Å². The quantitative estimate of drug-likeness (QED) is 0.789. The molecule has 2 N–H and O–H groups in total. The lowest BCUT2D eigenvalue weighted by atomic mass is 9.88. The van der Waals surface area contributed by atoms with Crippen LogP contribution >= 0.6 is 23.8 Å². The second-order valence-electron chi connectivity index (χ2n) is 5.67. The third-order valence-electron chi connectivity index (χ3n) is 3.02. The molecular weight excluding hydrogens is 264 g/mol. The predicted molar refractivity (Wildman–Crippen MR) is 84.5 cm³/mol. The Labute approximate surface area is 120 Å². The van der Waals surface area contributed by atoms with Gasteiger partial charge in [-0.2, -0.15) is 0 Å². The third-order valence-corrected chi connectivity index (χ3v) is 3.55. The Hall–Kier alpha value is -0.800. The first-order valence-electron chi connectivity index (χ1n) is 6.04. The number of anilines is 1. The molecule has 1 aromatic carbocycles. The van der Waals surface area contributed by atoms with E-state index in [1.165, 1.54) is 0 Å². The zero-order valence-corrected chi connectivity index (χ0v) is 13.2. The predicted octanol–water partition coefficient (Wildman–Crippen LogP) is 4.37. The molecule has 0 aliphatic carbocycles. The van der Waals surface area contributed by atoms with Gasteiger partial charge in [-0.3, -0.25) is 0 Å². The van der Waals surface area contributed by atoms with Gasteiger partial charge in [0.15, 0.2) is 5.11 Å². The summed E-state index contributed by atoms with van der Waals surface area (Å²) < 4.78 is 0. The van der Waals surface area contributed by atoms with Gasteiger partial charge in [0, 0.05) is 6.04 Å². The standard InChI is InChI=1S/C14H21ClN2S/c1-9-6-7-12(11(15)8-9)17-13(18)16-10(2)14(3,4)5/h6-8,10H,1-5H3,(H2,16,17,18). The molecular formula is C14H21ClN2S. The van der Waals surface area contributed by atoms with Crippen LogP contribution in [0.25, 0.3) is 0 Å². The smallest absolute Gasteiger partial charge is 0.171 e. The normalized spacial score (nSPS) is 13.0. The van der Waals surface area contributed by atoms with Crippen LogP contribution in [0.15, 0.2) is 18.2 Å². The van der Waals surface area contributed by atoms with Gasteiger partial charge in [-0.25, -0.2) is 0 Å². The Kier molecular flexibility index (Phi) is 5.00. The molecule has 1 rings (SSSR count). The highest BCUT2D eigenvalue weighted by molar-refractivity contribution is 7.80. The van der Waals surface area contributed by atoms with Crippen LogP contribution in [-0.2, 0) is 0 Å². The fraction of sp³-hybridized carbons (Fsp3) is 0.500. The lowest BCUT2D eigenvalue weighted by Gasteiger charge is -2.29. The van der Waals surface area contributed by atoms with Gasteiger partial charge in [-0.05, 0) is 49.2 Å². The van der Waals surface area contributed by atoms with Gasteiger partial charge in [-0.15, -0.1) is 0 Å². The maximum absolute atomic E-state index is 6.15. The van der Waals surface area contributed by atoms with Crippen molar-refractivity contribution < 1.29 is 0 Å². The largest absolute Gasteiger partial charge is 0.359 e. The van der Waals surface area contributed by atoms with Crippen molar-refractivity contribution in [3.8, 4) is 0 Å². The molecule has 100 valence electrons. The molecule has 0 radical (unpaired) electrons. The molecule has 0 aromatic heterocycles. The van der Waals surface area contributed by atoms with Gasteiger partial charge in [0.2, 0.25) is 0 Å². The van der Waals surface area contributed by atoms with E-state index in [0.717, 1.165) is 11.3 Å². The minimum atomic E-state index is 0.156.